The number of halogens is 3. The number of nitrogens with one attached hydrogen (secondary N) is 1. The van der Waals surface area contributed by atoms with Crippen LogP contribution in [0.4, 0.5) is 13.2 Å². The van der Waals surface area contributed by atoms with Crippen molar-refractivity contribution in [1.29, 1.82) is 0 Å². The van der Waals surface area contributed by atoms with Crippen LogP contribution in [-0.4, -0.2) is 48.8 Å². The molecule has 176 valence electrons. The molecule has 2 N–H and O–H groups in total. The summed E-state index contributed by atoms with van der Waals surface area (Å²) in [5, 5.41) is 13.9. The Labute approximate surface area is 191 Å². The Morgan fingerprint density at radius 1 is 1.18 bits per heavy atom. The second kappa shape index (κ2) is 8.49. The molecule has 4 heterocycles. The lowest BCUT2D eigenvalue weighted by Gasteiger charge is -2.36. The number of ether oxygens (including phenoxy) is 1. The first-order valence-corrected chi connectivity index (χ1v) is 10.5. The minimum atomic E-state index is -4.57. The molecule has 5 rings (SSSR count). The van der Waals surface area contributed by atoms with E-state index in [1.165, 1.54) is 6.20 Å². The third kappa shape index (κ3) is 4.46. The van der Waals surface area contributed by atoms with Crippen molar-refractivity contribution in [3.05, 3.63) is 71.8 Å². The predicted molar refractivity (Wildman–Crippen MR) is 115 cm³/mol. The van der Waals surface area contributed by atoms with Gasteiger partial charge in [-0.1, -0.05) is 18.2 Å². The number of rotatable bonds is 7. The molecule has 0 radical (unpaired) electrons. The molecule has 11 heteroatoms. The molecule has 4 aromatic rings. The third-order valence-electron chi connectivity index (χ3n) is 5.64. The second-order valence-corrected chi connectivity index (χ2v) is 8.19. The zero-order chi connectivity index (χ0) is 23.9. The maximum Gasteiger partial charge on any atom is 0.433 e. The largest absolute Gasteiger partial charge is 0.486 e. The van der Waals surface area contributed by atoms with Gasteiger partial charge in [0.15, 0.2) is 0 Å². The topological polar surface area (TPSA) is 96.3 Å². The molecule has 1 aromatic carbocycles. The number of carbonyl (C=O) groups is 1. The van der Waals surface area contributed by atoms with Crippen molar-refractivity contribution < 1.29 is 27.8 Å². The van der Waals surface area contributed by atoms with Crippen LogP contribution in [0.1, 0.15) is 17.1 Å². The molecule has 1 saturated heterocycles. The van der Waals surface area contributed by atoms with Gasteiger partial charge in [0, 0.05) is 30.7 Å². The Morgan fingerprint density at radius 2 is 1.94 bits per heavy atom. The molecular weight excluding hydrogens is 451 g/mol. The number of hydrogen-bond donors (Lipinski definition) is 2. The summed E-state index contributed by atoms with van der Waals surface area (Å²) in [5.41, 5.74) is 1.10. The highest BCUT2D eigenvalue weighted by Gasteiger charge is 2.36. The molecule has 3 aromatic heterocycles. The van der Waals surface area contributed by atoms with Crippen LogP contribution in [-0.2, 0) is 24.1 Å². The molecule has 34 heavy (non-hydrogen) atoms. The highest BCUT2D eigenvalue weighted by atomic mass is 19.4. The number of carboxylic acids is 1. The van der Waals surface area contributed by atoms with Gasteiger partial charge in [0.1, 0.15) is 29.4 Å². The summed E-state index contributed by atoms with van der Waals surface area (Å²) in [4.78, 5) is 20.5. The van der Waals surface area contributed by atoms with Crippen molar-refractivity contribution in [3.8, 4) is 11.4 Å². The van der Waals surface area contributed by atoms with Crippen LogP contribution in [0.15, 0.2) is 54.7 Å². The first-order valence-electron chi connectivity index (χ1n) is 10.5. The van der Waals surface area contributed by atoms with Crippen LogP contribution in [0.25, 0.3) is 16.7 Å². The molecular formula is C23H20F3N5O3. The summed E-state index contributed by atoms with van der Waals surface area (Å²) in [6, 6.07) is 12.7. The van der Waals surface area contributed by atoms with Crippen molar-refractivity contribution in [2.45, 2.75) is 19.3 Å². The Morgan fingerprint density at radius 3 is 2.65 bits per heavy atom. The highest BCUT2D eigenvalue weighted by Crippen LogP contribution is 2.32. The van der Waals surface area contributed by atoms with Gasteiger partial charge in [0.05, 0.1) is 17.8 Å². The monoisotopic (exact) mass is 471 g/mol. The molecule has 1 aliphatic rings. The number of carboxylic acid groups (broad SMARTS) is 1. The van der Waals surface area contributed by atoms with E-state index in [1.54, 1.807) is 36.4 Å². The van der Waals surface area contributed by atoms with E-state index in [9.17, 15) is 18.0 Å². The average Bonchev–Trinajstić information content (AvgIpc) is 3.38. The predicted octanol–water partition coefficient (Wildman–Crippen LogP) is 3.86. The van der Waals surface area contributed by atoms with Crippen molar-refractivity contribution in [2.24, 2.45) is 5.92 Å². The molecule has 0 aliphatic carbocycles. The molecule has 1 aliphatic heterocycles. The van der Waals surface area contributed by atoms with E-state index >= 15 is 0 Å². The summed E-state index contributed by atoms with van der Waals surface area (Å²) in [6.07, 6.45) is -3.07. The maximum absolute atomic E-state index is 13.5. The van der Waals surface area contributed by atoms with Gasteiger partial charge in [-0.3, -0.25) is 9.69 Å². The molecule has 0 atom stereocenters. The fourth-order valence-corrected chi connectivity index (χ4v) is 3.94. The molecule has 0 spiro atoms. The van der Waals surface area contributed by atoms with Gasteiger partial charge in [-0.05, 0) is 30.3 Å². The number of benzene rings is 1. The van der Waals surface area contributed by atoms with Crippen LogP contribution in [0, 0.1) is 5.92 Å². The van der Waals surface area contributed by atoms with Crippen molar-refractivity contribution >= 4 is 17.0 Å². The molecule has 0 unspecified atom stereocenters. The van der Waals surface area contributed by atoms with Crippen LogP contribution in [0.3, 0.4) is 0 Å². The highest BCUT2D eigenvalue weighted by molar-refractivity contribution is 5.78. The van der Waals surface area contributed by atoms with Crippen molar-refractivity contribution in [3.63, 3.8) is 0 Å². The lowest BCUT2D eigenvalue weighted by molar-refractivity contribution is -0.147. The molecule has 0 amide bonds. The van der Waals surface area contributed by atoms with Gasteiger partial charge in [-0.15, -0.1) is 0 Å². The summed E-state index contributed by atoms with van der Waals surface area (Å²) in [7, 11) is 0. The standard InChI is InChI=1S/C23H20F3N5O3/c24-23(25,26)20-8-17(29-31(20)18-4-2-1-3-5-18)13-34-19-7-14-6-16(28-21(14)27-9-19)12-30-10-15(11-30)22(32)33/h1-9,15H,10-13H2,(H,27,28)(H,32,33). The number of likely N-dealkylation sites (tertiary alicyclic amines) is 1. The number of pyridine rings is 1. The summed E-state index contributed by atoms with van der Waals surface area (Å²) in [5.74, 6) is -0.714. The van der Waals surface area contributed by atoms with Crippen molar-refractivity contribution in [1.82, 2.24) is 24.6 Å². The number of nitrogens with zero attached hydrogens (tertiary/aromatic N) is 4. The fraction of sp³-hybridized carbons (Fsp3) is 0.261. The van der Waals surface area contributed by atoms with Gasteiger partial charge in [-0.25, -0.2) is 9.67 Å². The van der Waals surface area contributed by atoms with E-state index in [0.717, 1.165) is 21.8 Å². The van der Waals surface area contributed by atoms with Crippen molar-refractivity contribution in [2.75, 3.05) is 13.1 Å². The second-order valence-electron chi connectivity index (χ2n) is 8.19. The first-order chi connectivity index (χ1) is 16.3. The molecule has 1 fully saturated rings. The lowest BCUT2D eigenvalue weighted by Crippen LogP contribution is -2.49. The van der Waals surface area contributed by atoms with Crippen LogP contribution < -0.4 is 4.74 Å². The lowest BCUT2D eigenvalue weighted by atomic mass is 10.0. The Hall–Kier alpha value is -3.86. The van der Waals surface area contributed by atoms with E-state index in [1.807, 2.05) is 11.0 Å². The summed E-state index contributed by atoms with van der Waals surface area (Å²) < 4.78 is 47.1. The number of fused-ring (bicyclic) bond motifs is 1. The molecule has 0 bridgehead atoms. The summed E-state index contributed by atoms with van der Waals surface area (Å²) >= 11 is 0. The van der Waals surface area contributed by atoms with Gasteiger partial charge < -0.3 is 14.8 Å². The Kier molecular flexibility index (Phi) is 5.48. The molecule has 0 saturated carbocycles. The quantitative estimate of drug-likeness (QED) is 0.425. The average molecular weight is 471 g/mol. The number of hydrogen-bond acceptors (Lipinski definition) is 5. The normalized spacial score (nSPS) is 14.9. The minimum absolute atomic E-state index is 0.136. The van der Waals surface area contributed by atoms with Gasteiger partial charge in [-0.2, -0.15) is 18.3 Å². The smallest absolute Gasteiger partial charge is 0.433 e. The van der Waals surface area contributed by atoms with E-state index in [0.29, 0.717) is 36.7 Å². The summed E-state index contributed by atoms with van der Waals surface area (Å²) in [6.45, 7) is 1.43. The van der Waals surface area contributed by atoms with E-state index in [4.69, 9.17) is 9.84 Å². The van der Waals surface area contributed by atoms with E-state index < -0.39 is 17.8 Å². The van der Waals surface area contributed by atoms with E-state index in [2.05, 4.69) is 15.1 Å². The first kappa shape index (κ1) is 22.0. The SMILES string of the molecule is O=C(O)C1CN(Cc2cc3cc(OCc4cc(C(F)(F)F)n(-c5ccccc5)n4)cnc3[nH]2)C1. The zero-order valence-electron chi connectivity index (χ0n) is 17.8. The number of alkyl halides is 3. The maximum atomic E-state index is 13.5. The van der Waals surface area contributed by atoms with Crippen LogP contribution >= 0.6 is 0 Å². The van der Waals surface area contributed by atoms with Gasteiger partial charge >= 0.3 is 12.1 Å². The number of aromatic amines is 1. The van der Waals surface area contributed by atoms with Crippen LogP contribution in [0.2, 0.25) is 0 Å². The van der Waals surface area contributed by atoms with Gasteiger partial charge in [0.2, 0.25) is 0 Å². The number of aromatic nitrogens is 4. The number of H-pyrrole nitrogens is 1. The number of aliphatic carboxylic acids is 1. The van der Waals surface area contributed by atoms with E-state index in [-0.39, 0.29) is 18.2 Å². The number of para-hydroxylation sites is 1. The van der Waals surface area contributed by atoms with Gasteiger partial charge in [0.25, 0.3) is 0 Å². The van der Waals surface area contributed by atoms with Crippen LogP contribution in [0.5, 0.6) is 5.75 Å². The Balaban J connectivity index is 1.28. The zero-order valence-corrected chi connectivity index (χ0v) is 17.8. The molecule has 8 nitrogen and oxygen atoms in total. The Bertz CT molecular complexity index is 1330. The fourth-order valence-electron chi connectivity index (χ4n) is 3.94. The third-order valence-corrected chi connectivity index (χ3v) is 5.64. The minimum Gasteiger partial charge on any atom is -0.486 e.